The molecule has 9 nitrogen and oxygen atoms in total. The van der Waals surface area contributed by atoms with E-state index in [1.165, 1.54) is 0 Å². The highest BCUT2D eigenvalue weighted by Crippen LogP contribution is 2.09. The highest BCUT2D eigenvalue weighted by atomic mass is 16.4. The fourth-order valence-corrected chi connectivity index (χ4v) is 2.10. The van der Waals surface area contributed by atoms with Crippen molar-refractivity contribution in [2.75, 3.05) is 13.1 Å². The van der Waals surface area contributed by atoms with Crippen LogP contribution in [-0.2, 0) is 22.7 Å². The number of aryl methyl sites for hydroxylation is 1. The van der Waals surface area contributed by atoms with E-state index in [9.17, 15) is 14.7 Å². The number of aliphatic carboxylic acids is 1. The number of tetrazole rings is 1. The van der Waals surface area contributed by atoms with Crippen LogP contribution in [0.15, 0.2) is 0 Å². The van der Waals surface area contributed by atoms with E-state index in [-0.39, 0.29) is 25.5 Å². The van der Waals surface area contributed by atoms with Gasteiger partial charge in [0.15, 0.2) is 5.82 Å². The Kier molecular flexibility index (Phi) is 4.61. The first-order valence-corrected chi connectivity index (χ1v) is 6.60. The summed E-state index contributed by atoms with van der Waals surface area (Å²) in [7, 11) is 0. The van der Waals surface area contributed by atoms with Crippen LogP contribution in [0, 0.1) is 0 Å². The summed E-state index contributed by atoms with van der Waals surface area (Å²) in [6.07, 6.45) is 1.96. The summed E-state index contributed by atoms with van der Waals surface area (Å²) in [5, 5.41) is 23.2. The summed E-state index contributed by atoms with van der Waals surface area (Å²) >= 11 is 0. The number of nitrogens with one attached hydrogen (secondary N) is 1. The van der Waals surface area contributed by atoms with Gasteiger partial charge in [-0.25, -0.2) is 4.68 Å². The van der Waals surface area contributed by atoms with Crippen LogP contribution in [0.2, 0.25) is 0 Å². The minimum atomic E-state index is -0.961. The number of carbonyl (C=O) groups is 2. The smallest absolute Gasteiger partial charge is 0.322 e. The number of hydrogen-bond donors (Lipinski definition) is 2. The Hall–Kier alpha value is -2.03. The Bertz CT molecular complexity index is 488. The third-order valence-electron chi connectivity index (χ3n) is 3.24. The number of aromatic nitrogens is 4. The Morgan fingerprint density at radius 3 is 3.05 bits per heavy atom. The van der Waals surface area contributed by atoms with Crippen molar-refractivity contribution in [2.45, 2.75) is 38.9 Å². The predicted molar refractivity (Wildman–Crippen MR) is 67.6 cm³/mol. The zero-order valence-corrected chi connectivity index (χ0v) is 11.3. The van der Waals surface area contributed by atoms with Crippen molar-refractivity contribution < 1.29 is 14.7 Å². The van der Waals surface area contributed by atoms with Crippen LogP contribution in [0.5, 0.6) is 0 Å². The molecule has 1 fully saturated rings. The summed E-state index contributed by atoms with van der Waals surface area (Å²) in [6.45, 7) is 3.15. The fourth-order valence-electron chi connectivity index (χ4n) is 2.10. The molecule has 20 heavy (non-hydrogen) atoms. The molecule has 1 aromatic heterocycles. The van der Waals surface area contributed by atoms with Crippen LogP contribution < -0.4 is 5.32 Å². The molecule has 1 amide bonds. The third kappa shape index (κ3) is 3.29. The molecule has 0 aromatic carbocycles. The molecule has 1 atom stereocenters. The van der Waals surface area contributed by atoms with E-state index >= 15 is 0 Å². The number of piperazine rings is 1. The lowest BCUT2D eigenvalue weighted by molar-refractivity contribution is -0.146. The molecule has 110 valence electrons. The molecule has 0 saturated carbocycles. The molecular weight excluding hydrogens is 264 g/mol. The normalized spacial score (nSPS) is 19.9. The van der Waals surface area contributed by atoms with Gasteiger partial charge < -0.3 is 10.4 Å². The Balaban J connectivity index is 2.08. The number of rotatable bonds is 6. The van der Waals surface area contributed by atoms with Gasteiger partial charge in [0, 0.05) is 13.1 Å². The molecular formula is C11H18N6O3. The Morgan fingerprint density at radius 2 is 2.35 bits per heavy atom. The number of unbranched alkanes of at least 4 members (excludes halogenated alkanes) is 1. The lowest BCUT2D eigenvalue weighted by Crippen LogP contribution is -2.57. The second kappa shape index (κ2) is 6.42. The molecule has 0 aliphatic carbocycles. The first-order valence-electron chi connectivity index (χ1n) is 6.60. The SMILES string of the molecule is CCCCn1nnnc1CN1CC(=O)NCC1C(=O)O. The molecule has 9 heteroatoms. The van der Waals surface area contributed by atoms with E-state index in [0.717, 1.165) is 12.8 Å². The molecule has 1 aromatic rings. The minimum Gasteiger partial charge on any atom is -0.480 e. The van der Waals surface area contributed by atoms with E-state index in [1.54, 1.807) is 9.58 Å². The largest absolute Gasteiger partial charge is 0.480 e. The van der Waals surface area contributed by atoms with Crippen molar-refractivity contribution in [2.24, 2.45) is 0 Å². The van der Waals surface area contributed by atoms with Crippen LogP contribution in [0.25, 0.3) is 0 Å². The van der Waals surface area contributed by atoms with Gasteiger partial charge in [0.2, 0.25) is 5.91 Å². The molecule has 0 radical (unpaired) electrons. The molecule has 2 rings (SSSR count). The third-order valence-corrected chi connectivity index (χ3v) is 3.24. The number of amides is 1. The molecule has 0 spiro atoms. The van der Waals surface area contributed by atoms with Gasteiger partial charge in [0.25, 0.3) is 0 Å². The number of hydrogen-bond acceptors (Lipinski definition) is 6. The van der Waals surface area contributed by atoms with E-state index < -0.39 is 12.0 Å². The lowest BCUT2D eigenvalue weighted by atomic mass is 10.2. The molecule has 2 N–H and O–H groups in total. The van der Waals surface area contributed by atoms with Crippen molar-refractivity contribution in [3.8, 4) is 0 Å². The standard InChI is InChI=1S/C11H18N6O3/c1-2-3-4-17-9(13-14-15-17)6-16-7-10(18)12-5-8(16)11(19)20/h8H,2-7H2,1H3,(H,12,18)(H,19,20). The van der Waals surface area contributed by atoms with Gasteiger partial charge >= 0.3 is 5.97 Å². The maximum Gasteiger partial charge on any atom is 0.322 e. The molecule has 0 bridgehead atoms. The maximum atomic E-state index is 11.4. The van der Waals surface area contributed by atoms with Crippen molar-refractivity contribution >= 4 is 11.9 Å². The molecule has 2 heterocycles. The summed E-state index contributed by atoms with van der Waals surface area (Å²) in [4.78, 5) is 24.2. The van der Waals surface area contributed by atoms with Crippen LogP contribution in [-0.4, -0.2) is 61.2 Å². The first kappa shape index (κ1) is 14.4. The number of carboxylic acids is 1. The average molecular weight is 282 g/mol. The van der Waals surface area contributed by atoms with E-state index in [1.807, 2.05) is 0 Å². The monoisotopic (exact) mass is 282 g/mol. The first-order chi connectivity index (χ1) is 9.61. The van der Waals surface area contributed by atoms with Crippen LogP contribution in [0.1, 0.15) is 25.6 Å². The minimum absolute atomic E-state index is 0.0393. The maximum absolute atomic E-state index is 11.4. The lowest BCUT2D eigenvalue weighted by Gasteiger charge is -2.31. The molecule has 1 saturated heterocycles. The quantitative estimate of drug-likeness (QED) is 0.677. The summed E-state index contributed by atoms with van der Waals surface area (Å²) < 4.78 is 1.66. The zero-order valence-electron chi connectivity index (χ0n) is 11.3. The molecule has 1 aliphatic heterocycles. The van der Waals surface area contributed by atoms with Gasteiger partial charge in [-0.2, -0.15) is 0 Å². The average Bonchev–Trinajstić information content (AvgIpc) is 2.83. The van der Waals surface area contributed by atoms with Crippen molar-refractivity contribution in [3.05, 3.63) is 5.82 Å². The van der Waals surface area contributed by atoms with E-state index in [0.29, 0.717) is 12.4 Å². The second-order valence-corrected chi connectivity index (χ2v) is 4.73. The van der Waals surface area contributed by atoms with Crippen LogP contribution in [0.3, 0.4) is 0 Å². The highest BCUT2D eigenvalue weighted by molar-refractivity contribution is 5.83. The number of carbonyl (C=O) groups excluding carboxylic acids is 1. The summed E-state index contributed by atoms with van der Waals surface area (Å²) in [5.41, 5.74) is 0. The van der Waals surface area contributed by atoms with Gasteiger partial charge in [0.1, 0.15) is 6.04 Å². The topological polar surface area (TPSA) is 113 Å². The number of carboxylic acid groups (broad SMARTS) is 1. The molecule has 1 unspecified atom stereocenters. The highest BCUT2D eigenvalue weighted by Gasteiger charge is 2.32. The Labute approximate surface area is 115 Å². The van der Waals surface area contributed by atoms with Gasteiger partial charge in [-0.1, -0.05) is 13.3 Å². The van der Waals surface area contributed by atoms with Crippen molar-refractivity contribution in [1.29, 1.82) is 0 Å². The Morgan fingerprint density at radius 1 is 1.55 bits per heavy atom. The fraction of sp³-hybridized carbons (Fsp3) is 0.727. The van der Waals surface area contributed by atoms with Crippen molar-refractivity contribution in [1.82, 2.24) is 30.4 Å². The number of nitrogens with zero attached hydrogens (tertiary/aromatic N) is 5. The van der Waals surface area contributed by atoms with Gasteiger partial charge in [0.05, 0.1) is 13.1 Å². The van der Waals surface area contributed by atoms with Gasteiger partial charge in [-0.05, 0) is 16.8 Å². The van der Waals surface area contributed by atoms with Crippen LogP contribution in [0.4, 0.5) is 0 Å². The predicted octanol–water partition coefficient (Wildman–Crippen LogP) is -1.14. The zero-order chi connectivity index (χ0) is 14.5. The van der Waals surface area contributed by atoms with Gasteiger partial charge in [-0.3, -0.25) is 14.5 Å². The van der Waals surface area contributed by atoms with Gasteiger partial charge in [-0.15, -0.1) is 5.10 Å². The van der Waals surface area contributed by atoms with E-state index in [4.69, 9.17) is 0 Å². The van der Waals surface area contributed by atoms with E-state index in [2.05, 4.69) is 27.8 Å². The second-order valence-electron chi connectivity index (χ2n) is 4.73. The van der Waals surface area contributed by atoms with Crippen LogP contribution >= 0.6 is 0 Å². The summed E-state index contributed by atoms with van der Waals surface area (Å²) in [5.74, 6) is -0.563. The summed E-state index contributed by atoms with van der Waals surface area (Å²) in [6, 6.07) is -0.746. The molecule has 1 aliphatic rings. The van der Waals surface area contributed by atoms with Crippen molar-refractivity contribution in [3.63, 3.8) is 0 Å².